The van der Waals surface area contributed by atoms with Crippen LogP contribution in [0.3, 0.4) is 0 Å². The van der Waals surface area contributed by atoms with Gasteiger partial charge in [-0.05, 0) is 19.1 Å². The molecule has 1 heterocycles. The predicted octanol–water partition coefficient (Wildman–Crippen LogP) is 3.18. The fourth-order valence-electron chi connectivity index (χ4n) is 1.25. The van der Waals surface area contributed by atoms with Crippen molar-refractivity contribution in [2.24, 2.45) is 0 Å². The molecule has 1 aromatic carbocycles. The maximum atomic E-state index is 10.2. The highest BCUT2D eigenvalue weighted by Gasteiger charge is 2.05. The Balaban J connectivity index is 0.000000330. The fraction of sp³-hybridized carbons (Fsp3) is 0.188. The molecule has 106 valence electrons. The number of fused-ring (bicyclic) bond motifs is 1. The molecular formula is C16H19NO3. The second-order valence-electron chi connectivity index (χ2n) is 3.47. The first-order valence-electron chi connectivity index (χ1n) is 6.12. The van der Waals surface area contributed by atoms with Crippen molar-refractivity contribution in [3.63, 3.8) is 0 Å². The van der Waals surface area contributed by atoms with Gasteiger partial charge in [0.15, 0.2) is 0 Å². The highest BCUT2D eigenvalue weighted by molar-refractivity contribution is 6.32. The first kappa shape index (κ1) is 17.5. The van der Waals surface area contributed by atoms with Crippen LogP contribution in [0.1, 0.15) is 13.8 Å². The van der Waals surface area contributed by atoms with Crippen LogP contribution < -0.4 is 0 Å². The van der Waals surface area contributed by atoms with Crippen molar-refractivity contribution in [1.82, 2.24) is 4.98 Å². The Morgan fingerprint density at radius 2 is 1.75 bits per heavy atom. The average Bonchev–Trinajstić information content (AvgIpc) is 2.50. The van der Waals surface area contributed by atoms with Crippen molar-refractivity contribution in [3.05, 3.63) is 55.8 Å². The highest BCUT2D eigenvalue weighted by Crippen LogP contribution is 2.07. The van der Waals surface area contributed by atoms with E-state index in [1.807, 2.05) is 30.5 Å². The maximum absolute atomic E-state index is 10.2. The Morgan fingerprint density at radius 1 is 1.15 bits per heavy atom. The van der Waals surface area contributed by atoms with Crippen LogP contribution in [0.5, 0.6) is 0 Å². The standard InChI is InChI=1S/C9H7N.C5H8O3.C2H4/c1-2-6-9-8(4-1)5-3-7-10-9;1-3-8-5(7)4(2)6;1-2/h1-7H;3H2,1-2H3;1-2H2. The largest absolute Gasteiger partial charge is 0.460 e. The van der Waals surface area contributed by atoms with Crippen molar-refractivity contribution in [2.45, 2.75) is 13.8 Å². The van der Waals surface area contributed by atoms with Crippen molar-refractivity contribution in [1.29, 1.82) is 0 Å². The molecule has 0 unspecified atom stereocenters. The van der Waals surface area contributed by atoms with E-state index in [0.717, 1.165) is 5.52 Å². The second-order valence-corrected chi connectivity index (χ2v) is 3.47. The molecule has 0 amide bonds. The van der Waals surface area contributed by atoms with Crippen LogP contribution >= 0.6 is 0 Å². The minimum absolute atomic E-state index is 0.262. The van der Waals surface area contributed by atoms with E-state index in [4.69, 9.17) is 0 Å². The number of carbonyl (C=O) groups is 2. The van der Waals surface area contributed by atoms with Crippen LogP contribution in [-0.2, 0) is 14.3 Å². The minimum atomic E-state index is -0.757. The SMILES string of the molecule is C=C.CCOC(=O)C(C)=O.c1ccc2ncccc2c1. The molecular weight excluding hydrogens is 254 g/mol. The lowest BCUT2D eigenvalue weighted by atomic mass is 10.2. The highest BCUT2D eigenvalue weighted by atomic mass is 16.5. The van der Waals surface area contributed by atoms with Crippen LogP contribution in [0.25, 0.3) is 10.9 Å². The molecule has 0 saturated heterocycles. The number of ether oxygens (including phenoxy) is 1. The lowest BCUT2D eigenvalue weighted by Gasteiger charge is -1.93. The van der Waals surface area contributed by atoms with E-state index in [0.29, 0.717) is 0 Å². The second kappa shape index (κ2) is 10.4. The summed E-state index contributed by atoms with van der Waals surface area (Å²) in [5, 5.41) is 1.20. The molecule has 1 aromatic heterocycles. The molecule has 0 aliphatic heterocycles. The molecule has 0 fully saturated rings. The fourth-order valence-corrected chi connectivity index (χ4v) is 1.25. The van der Waals surface area contributed by atoms with Crippen molar-refractivity contribution in [2.75, 3.05) is 6.61 Å². The number of benzene rings is 1. The normalized spacial score (nSPS) is 8.50. The van der Waals surface area contributed by atoms with E-state index in [1.54, 1.807) is 6.92 Å². The zero-order valence-corrected chi connectivity index (χ0v) is 11.8. The summed E-state index contributed by atoms with van der Waals surface area (Å²) in [4.78, 5) is 24.4. The molecule has 0 radical (unpaired) electrons. The first-order valence-corrected chi connectivity index (χ1v) is 6.12. The van der Waals surface area contributed by atoms with Gasteiger partial charge in [-0.3, -0.25) is 9.78 Å². The Hall–Kier alpha value is -2.49. The summed E-state index contributed by atoms with van der Waals surface area (Å²) in [5.41, 5.74) is 1.06. The van der Waals surface area contributed by atoms with E-state index < -0.39 is 11.8 Å². The topological polar surface area (TPSA) is 56.3 Å². The zero-order chi connectivity index (χ0) is 15.4. The quantitative estimate of drug-likeness (QED) is 0.479. The van der Waals surface area contributed by atoms with Gasteiger partial charge in [0.2, 0.25) is 5.78 Å². The molecule has 2 rings (SSSR count). The Labute approximate surface area is 119 Å². The molecule has 0 N–H and O–H groups in total. The molecule has 0 saturated carbocycles. The number of aromatic nitrogens is 1. The number of ketones is 1. The van der Waals surface area contributed by atoms with Crippen LogP contribution in [-0.4, -0.2) is 23.3 Å². The summed E-state index contributed by atoms with van der Waals surface area (Å²) in [5.74, 6) is -1.31. The van der Waals surface area contributed by atoms with Gasteiger partial charge in [0.25, 0.3) is 0 Å². The maximum Gasteiger partial charge on any atom is 0.374 e. The van der Waals surface area contributed by atoms with Gasteiger partial charge in [0.1, 0.15) is 0 Å². The third-order valence-electron chi connectivity index (χ3n) is 2.08. The third kappa shape index (κ3) is 6.44. The molecule has 0 aliphatic carbocycles. The Morgan fingerprint density at radius 3 is 2.25 bits per heavy atom. The number of Topliss-reactive ketones (excluding diaryl/α,β-unsaturated/α-hetero) is 1. The van der Waals surface area contributed by atoms with Gasteiger partial charge < -0.3 is 4.74 Å². The molecule has 2 aromatic rings. The summed E-state index contributed by atoms with van der Waals surface area (Å²) in [6.07, 6.45) is 1.81. The first-order chi connectivity index (χ1) is 9.65. The molecule has 4 nitrogen and oxygen atoms in total. The van der Waals surface area contributed by atoms with E-state index in [1.165, 1.54) is 12.3 Å². The predicted molar refractivity (Wildman–Crippen MR) is 80.3 cm³/mol. The van der Waals surface area contributed by atoms with Gasteiger partial charge >= 0.3 is 5.97 Å². The molecule has 4 heteroatoms. The van der Waals surface area contributed by atoms with Crippen molar-refractivity contribution < 1.29 is 14.3 Å². The summed E-state index contributed by atoms with van der Waals surface area (Å²) >= 11 is 0. The Kier molecular flexibility index (Phi) is 9.14. The Bertz CT molecular complexity index is 487. The average molecular weight is 273 g/mol. The van der Waals surface area contributed by atoms with Gasteiger partial charge in [-0.15, -0.1) is 13.2 Å². The number of nitrogens with zero attached hydrogens (tertiary/aromatic N) is 1. The van der Waals surface area contributed by atoms with Gasteiger partial charge in [-0.1, -0.05) is 24.3 Å². The van der Waals surface area contributed by atoms with Gasteiger partial charge in [-0.25, -0.2) is 4.79 Å². The van der Waals surface area contributed by atoms with Crippen molar-refractivity contribution in [3.8, 4) is 0 Å². The van der Waals surface area contributed by atoms with Gasteiger partial charge in [0.05, 0.1) is 12.1 Å². The molecule has 0 bridgehead atoms. The monoisotopic (exact) mass is 273 g/mol. The van der Waals surface area contributed by atoms with E-state index >= 15 is 0 Å². The molecule has 0 spiro atoms. The van der Waals surface area contributed by atoms with E-state index in [-0.39, 0.29) is 6.61 Å². The number of carbonyl (C=O) groups excluding carboxylic acids is 2. The lowest BCUT2D eigenvalue weighted by Crippen LogP contribution is -2.12. The molecule has 0 aliphatic rings. The van der Waals surface area contributed by atoms with E-state index in [2.05, 4.69) is 35.0 Å². The number of pyridine rings is 1. The summed E-state index contributed by atoms with van der Waals surface area (Å²) in [6.45, 7) is 9.09. The minimum Gasteiger partial charge on any atom is -0.460 e. The summed E-state index contributed by atoms with van der Waals surface area (Å²) in [6, 6.07) is 12.1. The summed E-state index contributed by atoms with van der Waals surface area (Å²) in [7, 11) is 0. The number of hydrogen-bond acceptors (Lipinski definition) is 4. The van der Waals surface area contributed by atoms with Crippen LogP contribution in [0.4, 0.5) is 0 Å². The third-order valence-corrected chi connectivity index (χ3v) is 2.08. The van der Waals surface area contributed by atoms with Gasteiger partial charge in [0, 0.05) is 18.5 Å². The smallest absolute Gasteiger partial charge is 0.374 e. The number of esters is 1. The zero-order valence-electron chi connectivity index (χ0n) is 11.8. The van der Waals surface area contributed by atoms with Crippen LogP contribution in [0, 0.1) is 0 Å². The summed E-state index contributed by atoms with van der Waals surface area (Å²) < 4.78 is 4.31. The van der Waals surface area contributed by atoms with Crippen molar-refractivity contribution >= 4 is 22.7 Å². The van der Waals surface area contributed by atoms with E-state index in [9.17, 15) is 9.59 Å². The number of para-hydroxylation sites is 1. The lowest BCUT2D eigenvalue weighted by molar-refractivity contribution is -0.152. The van der Waals surface area contributed by atoms with Crippen LogP contribution in [0.15, 0.2) is 55.8 Å². The van der Waals surface area contributed by atoms with Gasteiger partial charge in [-0.2, -0.15) is 0 Å². The molecule has 0 atom stereocenters. The van der Waals surface area contributed by atoms with Crippen LogP contribution in [0.2, 0.25) is 0 Å². The number of rotatable bonds is 2. The number of hydrogen-bond donors (Lipinski definition) is 0. The molecule has 20 heavy (non-hydrogen) atoms.